The fourth-order valence-electron chi connectivity index (χ4n) is 1.63. The Morgan fingerprint density at radius 2 is 1.71 bits per heavy atom. The second-order valence-electron chi connectivity index (χ2n) is 4.21. The van der Waals surface area contributed by atoms with Crippen LogP contribution in [-0.4, -0.2) is 24.6 Å². The van der Waals surface area contributed by atoms with Gasteiger partial charge in [-0.15, -0.1) is 0 Å². The second-order valence-corrected chi connectivity index (χ2v) is 5.89. The number of sulfonamides is 1. The molecule has 2 rings (SSSR count). The highest BCUT2D eigenvalue weighted by Gasteiger charge is 2.16. The van der Waals surface area contributed by atoms with E-state index in [9.17, 15) is 18.3 Å². The largest absolute Gasteiger partial charge is 0.507 e. The zero-order chi connectivity index (χ0) is 15.6. The van der Waals surface area contributed by atoms with Crippen molar-refractivity contribution in [1.82, 2.24) is 0 Å². The van der Waals surface area contributed by atoms with Gasteiger partial charge in [-0.05, 0) is 42.5 Å². The minimum atomic E-state index is -3.87. The molecule has 5 N–H and O–H groups in total. The Balaban J connectivity index is 2.35. The van der Waals surface area contributed by atoms with E-state index in [0.717, 1.165) is 12.1 Å². The zero-order valence-corrected chi connectivity index (χ0v) is 11.5. The Bertz CT molecular complexity index is 785. The number of aromatic carboxylic acids is 1. The zero-order valence-electron chi connectivity index (χ0n) is 10.6. The van der Waals surface area contributed by atoms with Crippen LogP contribution in [-0.2, 0) is 10.0 Å². The molecule has 7 nitrogen and oxygen atoms in total. The summed E-state index contributed by atoms with van der Waals surface area (Å²) >= 11 is 0. The number of hydrogen-bond acceptors (Lipinski definition) is 5. The third-order valence-electron chi connectivity index (χ3n) is 2.67. The normalized spacial score (nSPS) is 11.0. The number of benzene rings is 2. The molecule has 0 spiro atoms. The van der Waals surface area contributed by atoms with Crippen molar-refractivity contribution in [3.63, 3.8) is 0 Å². The summed E-state index contributed by atoms with van der Waals surface area (Å²) in [5, 5.41) is 18.3. The number of anilines is 2. The number of aromatic hydroxyl groups is 1. The molecule has 0 amide bonds. The topological polar surface area (TPSA) is 130 Å². The fraction of sp³-hybridized carbons (Fsp3) is 0. The van der Waals surface area contributed by atoms with Crippen LogP contribution in [0, 0.1) is 0 Å². The number of carboxylic acids is 1. The van der Waals surface area contributed by atoms with Crippen molar-refractivity contribution in [2.45, 2.75) is 4.90 Å². The summed E-state index contributed by atoms with van der Waals surface area (Å²) in [6.07, 6.45) is 0. The molecule has 0 radical (unpaired) electrons. The Hall–Kier alpha value is -2.74. The molecule has 0 fully saturated rings. The van der Waals surface area contributed by atoms with Gasteiger partial charge in [-0.1, -0.05) is 0 Å². The Labute approximate surface area is 120 Å². The average molecular weight is 308 g/mol. The van der Waals surface area contributed by atoms with Gasteiger partial charge in [0, 0.05) is 11.4 Å². The van der Waals surface area contributed by atoms with E-state index in [2.05, 4.69) is 4.72 Å². The van der Waals surface area contributed by atoms with E-state index in [1.807, 2.05) is 0 Å². The molecule has 0 bridgehead atoms. The number of hydrogen-bond donors (Lipinski definition) is 4. The maximum Gasteiger partial charge on any atom is 0.339 e. The maximum atomic E-state index is 12.1. The minimum Gasteiger partial charge on any atom is -0.507 e. The van der Waals surface area contributed by atoms with Gasteiger partial charge in [0.2, 0.25) is 0 Å². The molecular formula is C13H12N2O5S. The number of phenols is 1. The molecule has 110 valence electrons. The molecule has 0 saturated heterocycles. The third kappa shape index (κ3) is 3.23. The van der Waals surface area contributed by atoms with Crippen LogP contribution < -0.4 is 10.5 Å². The summed E-state index contributed by atoms with van der Waals surface area (Å²) in [5.74, 6) is -1.81. The second kappa shape index (κ2) is 5.33. The molecule has 8 heteroatoms. The third-order valence-corrected chi connectivity index (χ3v) is 4.07. The molecule has 0 saturated carbocycles. The highest BCUT2D eigenvalue weighted by molar-refractivity contribution is 7.92. The van der Waals surface area contributed by atoms with Crippen molar-refractivity contribution >= 4 is 27.4 Å². The number of nitrogens with two attached hydrogens (primary N) is 1. The van der Waals surface area contributed by atoms with Crippen LogP contribution in [0.15, 0.2) is 47.4 Å². The Morgan fingerprint density at radius 3 is 2.29 bits per heavy atom. The molecular weight excluding hydrogens is 296 g/mol. The standard InChI is InChI=1S/C13H12N2O5S/c14-8-1-4-10(5-2-8)21(19,20)15-9-3-6-12(16)11(7-9)13(17)18/h1-7,15-16H,14H2,(H,17,18). The molecule has 0 aliphatic carbocycles. The number of nitrogen functional groups attached to an aromatic ring is 1. The number of nitrogens with one attached hydrogen (secondary N) is 1. The van der Waals surface area contributed by atoms with Gasteiger partial charge in [-0.25, -0.2) is 13.2 Å². The molecule has 0 aliphatic heterocycles. The lowest BCUT2D eigenvalue weighted by Crippen LogP contribution is -2.13. The first-order valence-corrected chi connectivity index (χ1v) is 7.22. The van der Waals surface area contributed by atoms with Gasteiger partial charge in [-0.2, -0.15) is 0 Å². The summed E-state index contributed by atoms with van der Waals surface area (Å²) in [5.41, 5.74) is 5.54. The summed E-state index contributed by atoms with van der Waals surface area (Å²) in [6.45, 7) is 0. The first-order valence-electron chi connectivity index (χ1n) is 5.74. The molecule has 0 aromatic heterocycles. The van der Waals surface area contributed by atoms with Crippen molar-refractivity contribution in [1.29, 1.82) is 0 Å². The Morgan fingerprint density at radius 1 is 1.10 bits per heavy atom. The molecule has 0 atom stereocenters. The minimum absolute atomic E-state index is 0.0124. The van der Waals surface area contributed by atoms with Crippen molar-refractivity contribution in [2.75, 3.05) is 10.5 Å². The molecule has 2 aromatic rings. The van der Waals surface area contributed by atoms with E-state index < -0.39 is 27.3 Å². The molecule has 21 heavy (non-hydrogen) atoms. The van der Waals surface area contributed by atoms with Crippen LogP contribution in [0.5, 0.6) is 5.75 Å². The van der Waals surface area contributed by atoms with E-state index in [4.69, 9.17) is 10.8 Å². The van der Waals surface area contributed by atoms with Crippen LogP contribution in [0.1, 0.15) is 10.4 Å². The summed E-state index contributed by atoms with van der Waals surface area (Å²) in [4.78, 5) is 10.9. The fourth-order valence-corrected chi connectivity index (χ4v) is 2.68. The smallest absolute Gasteiger partial charge is 0.339 e. The van der Waals surface area contributed by atoms with Gasteiger partial charge in [-0.3, -0.25) is 4.72 Å². The number of carboxylic acid groups (broad SMARTS) is 1. The van der Waals surface area contributed by atoms with Crippen LogP contribution in [0.3, 0.4) is 0 Å². The first-order chi connectivity index (χ1) is 9.79. The summed E-state index contributed by atoms with van der Waals surface area (Å²) in [6, 6.07) is 8.93. The Kier molecular flexibility index (Phi) is 3.72. The van der Waals surface area contributed by atoms with E-state index in [0.29, 0.717) is 5.69 Å². The van der Waals surface area contributed by atoms with Crippen molar-refractivity contribution in [3.05, 3.63) is 48.0 Å². The van der Waals surface area contributed by atoms with E-state index in [-0.39, 0.29) is 10.6 Å². The predicted molar refractivity (Wildman–Crippen MR) is 76.7 cm³/mol. The van der Waals surface area contributed by atoms with Crippen molar-refractivity contribution < 1.29 is 23.4 Å². The predicted octanol–water partition coefficient (Wildman–Crippen LogP) is 1.47. The molecule has 2 aromatic carbocycles. The molecule has 0 unspecified atom stereocenters. The maximum absolute atomic E-state index is 12.1. The van der Waals surface area contributed by atoms with Gasteiger partial charge >= 0.3 is 5.97 Å². The number of carbonyl (C=O) groups is 1. The highest BCUT2D eigenvalue weighted by atomic mass is 32.2. The van der Waals surface area contributed by atoms with Gasteiger partial charge in [0.15, 0.2) is 0 Å². The molecule has 0 aliphatic rings. The van der Waals surface area contributed by atoms with Crippen molar-refractivity contribution in [3.8, 4) is 5.75 Å². The van der Waals surface area contributed by atoms with Crippen molar-refractivity contribution in [2.24, 2.45) is 0 Å². The summed E-state index contributed by atoms with van der Waals surface area (Å²) < 4.78 is 26.5. The van der Waals surface area contributed by atoms with Gasteiger partial charge in [0.1, 0.15) is 11.3 Å². The lowest BCUT2D eigenvalue weighted by Gasteiger charge is -2.09. The van der Waals surface area contributed by atoms with Gasteiger partial charge in [0.05, 0.1) is 4.90 Å². The van der Waals surface area contributed by atoms with Crippen LogP contribution in [0.2, 0.25) is 0 Å². The van der Waals surface area contributed by atoms with E-state index in [1.54, 1.807) is 0 Å². The first kappa shape index (κ1) is 14.7. The monoisotopic (exact) mass is 308 g/mol. The molecule has 0 heterocycles. The van der Waals surface area contributed by atoms with Crippen LogP contribution >= 0.6 is 0 Å². The summed E-state index contributed by atoms with van der Waals surface area (Å²) in [7, 11) is -3.87. The lowest BCUT2D eigenvalue weighted by atomic mass is 10.2. The quantitative estimate of drug-likeness (QED) is 0.500. The average Bonchev–Trinajstić information content (AvgIpc) is 2.41. The van der Waals surface area contributed by atoms with E-state index in [1.165, 1.54) is 30.3 Å². The number of rotatable bonds is 4. The van der Waals surface area contributed by atoms with E-state index >= 15 is 0 Å². The van der Waals surface area contributed by atoms with Gasteiger partial charge < -0.3 is 15.9 Å². The highest BCUT2D eigenvalue weighted by Crippen LogP contribution is 2.23. The van der Waals surface area contributed by atoms with Crippen LogP contribution in [0.25, 0.3) is 0 Å². The van der Waals surface area contributed by atoms with Gasteiger partial charge in [0.25, 0.3) is 10.0 Å². The lowest BCUT2D eigenvalue weighted by molar-refractivity contribution is 0.0694. The van der Waals surface area contributed by atoms with Crippen LogP contribution in [0.4, 0.5) is 11.4 Å². The SMILES string of the molecule is Nc1ccc(S(=O)(=O)Nc2ccc(O)c(C(=O)O)c2)cc1.